The lowest BCUT2D eigenvalue weighted by atomic mass is 10.1. The number of benzene rings is 2. The van der Waals surface area contributed by atoms with Crippen molar-refractivity contribution in [1.29, 1.82) is 0 Å². The molecule has 7 heteroatoms. The van der Waals surface area contributed by atoms with Gasteiger partial charge in [0.05, 0.1) is 11.8 Å². The second kappa shape index (κ2) is 7.50. The van der Waals surface area contributed by atoms with Gasteiger partial charge in [0.1, 0.15) is 23.3 Å². The van der Waals surface area contributed by atoms with Crippen molar-refractivity contribution in [2.75, 3.05) is 5.75 Å². The first-order valence-electron chi connectivity index (χ1n) is 6.69. The van der Waals surface area contributed by atoms with Crippen LogP contribution in [0, 0.1) is 23.3 Å². The van der Waals surface area contributed by atoms with Crippen LogP contribution in [0.15, 0.2) is 41.3 Å². The van der Waals surface area contributed by atoms with E-state index in [0.29, 0.717) is 0 Å². The molecule has 122 valence electrons. The summed E-state index contributed by atoms with van der Waals surface area (Å²) >= 11 is 0.900. The van der Waals surface area contributed by atoms with E-state index in [2.05, 4.69) is 5.32 Å². The first kappa shape index (κ1) is 17.3. The summed E-state index contributed by atoms with van der Waals surface area (Å²) in [6.45, 7) is 1.55. The van der Waals surface area contributed by atoms with E-state index < -0.39 is 35.2 Å². The van der Waals surface area contributed by atoms with E-state index in [4.69, 9.17) is 0 Å². The number of rotatable bonds is 5. The minimum Gasteiger partial charge on any atom is -0.349 e. The molecule has 1 atom stereocenters. The van der Waals surface area contributed by atoms with Gasteiger partial charge < -0.3 is 5.32 Å². The van der Waals surface area contributed by atoms with Crippen molar-refractivity contribution >= 4 is 17.7 Å². The SMILES string of the molecule is C[C@@H](NC(=O)CSc1ccc(F)cc1F)c1ccc(F)cc1F. The number of carbonyl (C=O) groups is 1. The summed E-state index contributed by atoms with van der Waals surface area (Å²) in [6, 6.07) is 5.50. The highest BCUT2D eigenvalue weighted by molar-refractivity contribution is 8.00. The Kier molecular flexibility index (Phi) is 5.65. The largest absolute Gasteiger partial charge is 0.349 e. The molecular weight excluding hydrogens is 330 g/mol. The van der Waals surface area contributed by atoms with Gasteiger partial charge >= 0.3 is 0 Å². The van der Waals surface area contributed by atoms with Crippen molar-refractivity contribution in [3.63, 3.8) is 0 Å². The molecule has 0 radical (unpaired) electrons. The van der Waals surface area contributed by atoms with Gasteiger partial charge in [0.15, 0.2) is 0 Å². The molecule has 0 unspecified atom stereocenters. The molecule has 2 nitrogen and oxygen atoms in total. The van der Waals surface area contributed by atoms with Crippen LogP contribution in [0.4, 0.5) is 17.6 Å². The monoisotopic (exact) mass is 343 g/mol. The van der Waals surface area contributed by atoms with E-state index in [1.165, 1.54) is 12.1 Å². The van der Waals surface area contributed by atoms with Crippen molar-refractivity contribution in [3.05, 3.63) is 65.2 Å². The zero-order chi connectivity index (χ0) is 17.0. The van der Waals surface area contributed by atoms with Gasteiger partial charge in [-0.1, -0.05) is 6.07 Å². The maximum Gasteiger partial charge on any atom is 0.230 e. The molecule has 0 aromatic heterocycles. The predicted octanol–water partition coefficient (Wildman–Crippen LogP) is 4.21. The average Bonchev–Trinajstić information content (AvgIpc) is 2.46. The number of carbonyl (C=O) groups excluding carboxylic acids is 1. The zero-order valence-corrected chi connectivity index (χ0v) is 12.9. The summed E-state index contributed by atoms with van der Waals surface area (Å²) in [5.41, 5.74) is 0.151. The minimum atomic E-state index is -0.755. The number of hydrogen-bond donors (Lipinski definition) is 1. The summed E-state index contributed by atoms with van der Waals surface area (Å²) in [5, 5.41) is 2.54. The predicted molar refractivity (Wildman–Crippen MR) is 80.0 cm³/mol. The third kappa shape index (κ3) is 4.72. The fourth-order valence-electron chi connectivity index (χ4n) is 1.95. The van der Waals surface area contributed by atoms with Crippen LogP contribution in [-0.2, 0) is 4.79 Å². The highest BCUT2D eigenvalue weighted by Crippen LogP contribution is 2.23. The van der Waals surface area contributed by atoms with Crippen molar-refractivity contribution < 1.29 is 22.4 Å². The fraction of sp³-hybridized carbons (Fsp3) is 0.188. The molecular formula is C16H13F4NOS. The van der Waals surface area contributed by atoms with E-state index in [1.54, 1.807) is 6.92 Å². The molecule has 0 saturated carbocycles. The number of thioether (sulfide) groups is 1. The van der Waals surface area contributed by atoms with Gasteiger partial charge in [-0.15, -0.1) is 11.8 Å². The van der Waals surface area contributed by atoms with Crippen LogP contribution >= 0.6 is 11.8 Å². The molecule has 23 heavy (non-hydrogen) atoms. The molecule has 1 N–H and O–H groups in total. The van der Waals surface area contributed by atoms with Crippen molar-refractivity contribution in [1.82, 2.24) is 5.32 Å². The lowest BCUT2D eigenvalue weighted by molar-refractivity contribution is -0.119. The second-order valence-corrected chi connectivity index (χ2v) is 5.84. The Morgan fingerprint density at radius 1 is 1.04 bits per heavy atom. The first-order valence-corrected chi connectivity index (χ1v) is 7.67. The van der Waals surface area contributed by atoms with Gasteiger partial charge in [-0.3, -0.25) is 4.79 Å². The van der Waals surface area contributed by atoms with Crippen molar-refractivity contribution in [2.24, 2.45) is 0 Å². The molecule has 2 aromatic rings. The Morgan fingerprint density at radius 3 is 2.26 bits per heavy atom. The van der Waals surface area contributed by atoms with Crippen LogP contribution in [0.5, 0.6) is 0 Å². The molecule has 2 rings (SSSR count). The Morgan fingerprint density at radius 2 is 1.65 bits per heavy atom. The lowest BCUT2D eigenvalue weighted by Crippen LogP contribution is -2.28. The number of nitrogens with one attached hydrogen (secondary N) is 1. The highest BCUT2D eigenvalue weighted by Gasteiger charge is 2.15. The zero-order valence-electron chi connectivity index (χ0n) is 12.1. The molecule has 0 bridgehead atoms. The molecule has 2 aromatic carbocycles. The Labute approximate surface area is 134 Å². The molecule has 0 spiro atoms. The van der Waals surface area contributed by atoms with Gasteiger partial charge in [-0.2, -0.15) is 0 Å². The van der Waals surface area contributed by atoms with Gasteiger partial charge in [0, 0.05) is 22.6 Å². The maximum absolute atomic E-state index is 13.6. The highest BCUT2D eigenvalue weighted by atomic mass is 32.2. The third-order valence-corrected chi connectivity index (χ3v) is 4.11. The van der Waals surface area contributed by atoms with Crippen LogP contribution in [0.1, 0.15) is 18.5 Å². The molecule has 0 heterocycles. The lowest BCUT2D eigenvalue weighted by Gasteiger charge is -2.15. The van der Waals surface area contributed by atoms with Crippen LogP contribution in [0.2, 0.25) is 0 Å². The number of amides is 1. The summed E-state index contributed by atoms with van der Waals surface area (Å²) in [5.74, 6) is -3.47. The van der Waals surface area contributed by atoms with Crippen LogP contribution < -0.4 is 5.32 Å². The number of halogens is 4. The Bertz CT molecular complexity index is 723. The van der Waals surface area contributed by atoms with Gasteiger partial charge in [0.2, 0.25) is 5.91 Å². The molecule has 1 amide bonds. The molecule has 0 fully saturated rings. The Balaban J connectivity index is 1.93. The molecule has 0 aliphatic rings. The van der Waals surface area contributed by atoms with E-state index in [-0.39, 0.29) is 16.2 Å². The minimum absolute atomic E-state index is 0.115. The van der Waals surface area contributed by atoms with E-state index in [9.17, 15) is 22.4 Å². The van der Waals surface area contributed by atoms with E-state index >= 15 is 0 Å². The Hall–Kier alpha value is -2.02. The van der Waals surface area contributed by atoms with Crippen LogP contribution in [0.3, 0.4) is 0 Å². The molecule has 0 aliphatic carbocycles. The summed E-state index contributed by atoms with van der Waals surface area (Å²) in [6.07, 6.45) is 0. The van der Waals surface area contributed by atoms with Gasteiger partial charge in [0.25, 0.3) is 0 Å². The molecule has 0 aliphatic heterocycles. The van der Waals surface area contributed by atoms with Gasteiger partial charge in [-0.05, 0) is 25.1 Å². The second-order valence-electron chi connectivity index (χ2n) is 4.82. The average molecular weight is 343 g/mol. The summed E-state index contributed by atoms with van der Waals surface area (Å²) in [4.78, 5) is 12.0. The quantitative estimate of drug-likeness (QED) is 0.651. The topological polar surface area (TPSA) is 29.1 Å². The van der Waals surface area contributed by atoms with Crippen molar-refractivity contribution in [2.45, 2.75) is 17.9 Å². The maximum atomic E-state index is 13.6. The van der Waals surface area contributed by atoms with Gasteiger partial charge in [-0.25, -0.2) is 17.6 Å². The smallest absolute Gasteiger partial charge is 0.230 e. The normalized spacial score (nSPS) is 12.0. The van der Waals surface area contributed by atoms with E-state index in [0.717, 1.165) is 36.0 Å². The van der Waals surface area contributed by atoms with E-state index in [1.807, 2.05) is 0 Å². The summed E-state index contributed by atoms with van der Waals surface area (Å²) in [7, 11) is 0. The summed E-state index contributed by atoms with van der Waals surface area (Å²) < 4.78 is 52.7. The standard InChI is InChI=1S/C16H13F4NOS/c1-9(12-4-2-10(17)6-13(12)19)21-16(22)8-23-15-5-3-11(18)7-14(15)20/h2-7,9H,8H2,1H3,(H,21,22)/t9-/m1/s1. The first-order chi connectivity index (χ1) is 10.9. The fourth-order valence-corrected chi connectivity index (χ4v) is 2.68. The third-order valence-electron chi connectivity index (χ3n) is 3.06. The van der Waals surface area contributed by atoms with Crippen LogP contribution in [-0.4, -0.2) is 11.7 Å². The van der Waals surface area contributed by atoms with Crippen molar-refractivity contribution in [3.8, 4) is 0 Å². The number of hydrogen-bond acceptors (Lipinski definition) is 2. The molecule has 0 saturated heterocycles. The van der Waals surface area contributed by atoms with Crippen LogP contribution in [0.25, 0.3) is 0 Å².